The lowest BCUT2D eigenvalue weighted by Crippen LogP contribution is -2.57. The van der Waals surface area contributed by atoms with Crippen LogP contribution in [-0.2, 0) is 14.2 Å². The zero-order valence-corrected chi connectivity index (χ0v) is 20.8. The van der Waals surface area contributed by atoms with Crippen LogP contribution in [0.25, 0.3) is 0 Å². The Hall–Kier alpha value is -0.160. The molecule has 0 radical (unpaired) electrons. The summed E-state index contributed by atoms with van der Waals surface area (Å²) in [6.07, 6.45) is 5.07. The van der Waals surface area contributed by atoms with E-state index >= 15 is 0 Å². The number of morpholine rings is 2. The third-order valence-electron chi connectivity index (χ3n) is 6.56. The fraction of sp³-hybridized carbons (Fsp3) is 0.952. The largest absolute Gasteiger partial charge is 0.379 e. The van der Waals surface area contributed by atoms with Crippen molar-refractivity contribution in [3.8, 4) is 0 Å². The topological polar surface area (TPSA) is 58.6 Å². The molecule has 0 saturated carbocycles. The maximum absolute atomic E-state index is 6.01. The minimum absolute atomic E-state index is 0. The molecule has 3 aliphatic rings. The Morgan fingerprint density at radius 2 is 1.76 bits per heavy atom. The van der Waals surface area contributed by atoms with Gasteiger partial charge in [0.05, 0.1) is 25.9 Å². The highest BCUT2D eigenvalue weighted by Crippen LogP contribution is 2.22. The Balaban J connectivity index is 0.00000300. The highest BCUT2D eigenvalue weighted by Gasteiger charge is 2.33. The van der Waals surface area contributed by atoms with Gasteiger partial charge < -0.3 is 24.4 Å². The number of hydrogen-bond acceptors (Lipinski definition) is 5. The van der Waals surface area contributed by atoms with Crippen molar-refractivity contribution in [2.45, 2.75) is 57.8 Å². The Morgan fingerprint density at radius 3 is 2.38 bits per heavy atom. The molecule has 8 heteroatoms. The van der Waals surface area contributed by atoms with Crippen molar-refractivity contribution in [1.29, 1.82) is 0 Å². The van der Waals surface area contributed by atoms with Crippen molar-refractivity contribution in [3.63, 3.8) is 0 Å². The minimum Gasteiger partial charge on any atom is -0.379 e. The van der Waals surface area contributed by atoms with Crippen LogP contribution in [0, 0.1) is 5.92 Å². The zero-order chi connectivity index (χ0) is 19.8. The lowest BCUT2D eigenvalue weighted by molar-refractivity contribution is -0.0817. The van der Waals surface area contributed by atoms with Gasteiger partial charge in [0.2, 0.25) is 0 Å². The molecule has 3 unspecified atom stereocenters. The summed E-state index contributed by atoms with van der Waals surface area (Å²) in [5, 5.41) is 3.69. The fourth-order valence-electron chi connectivity index (χ4n) is 4.85. The normalized spacial score (nSPS) is 27.7. The number of hydrogen-bond donors (Lipinski definition) is 1. The molecular formula is C21H41IN4O3. The van der Waals surface area contributed by atoms with Crippen LogP contribution >= 0.6 is 24.0 Å². The van der Waals surface area contributed by atoms with E-state index in [9.17, 15) is 0 Å². The number of ether oxygens (including phenoxy) is 3. The quantitative estimate of drug-likeness (QED) is 0.313. The second-order valence-electron chi connectivity index (χ2n) is 8.13. The molecule has 29 heavy (non-hydrogen) atoms. The number of halogens is 1. The number of rotatable bonds is 7. The third-order valence-corrected chi connectivity index (χ3v) is 6.56. The van der Waals surface area contributed by atoms with Gasteiger partial charge in [-0.15, -0.1) is 24.0 Å². The number of aliphatic imine (C=N–C) groups is 1. The third kappa shape index (κ3) is 6.92. The summed E-state index contributed by atoms with van der Waals surface area (Å²) < 4.78 is 17.5. The monoisotopic (exact) mass is 524 g/mol. The van der Waals surface area contributed by atoms with Gasteiger partial charge in [-0.3, -0.25) is 9.89 Å². The Kier molecular flexibility index (Phi) is 11.5. The predicted molar refractivity (Wildman–Crippen MR) is 127 cm³/mol. The van der Waals surface area contributed by atoms with E-state index in [0.717, 1.165) is 78.0 Å². The van der Waals surface area contributed by atoms with Crippen molar-refractivity contribution in [1.82, 2.24) is 15.1 Å². The average molecular weight is 524 g/mol. The van der Waals surface area contributed by atoms with Crippen molar-refractivity contribution >= 4 is 29.9 Å². The molecule has 3 atom stereocenters. The molecular weight excluding hydrogens is 483 g/mol. The summed E-state index contributed by atoms with van der Waals surface area (Å²) in [6, 6.07) is 0.519. The molecule has 0 bridgehead atoms. The van der Waals surface area contributed by atoms with Crippen molar-refractivity contribution < 1.29 is 14.2 Å². The van der Waals surface area contributed by atoms with E-state index in [-0.39, 0.29) is 36.2 Å². The summed E-state index contributed by atoms with van der Waals surface area (Å²) >= 11 is 0. The standard InChI is InChI=1S/C21H40N4O3.HI/c1-4-17(5-2)18(24-8-12-26-13-9-24)15-23-21(22-3)25-10-14-28-20(16-25)19-7-6-11-27-19;/h17-20H,4-16H2,1-3H3,(H,22,23);1H. The number of nitrogens with one attached hydrogen (secondary N) is 1. The lowest BCUT2D eigenvalue weighted by atomic mass is 9.92. The van der Waals surface area contributed by atoms with E-state index in [1.807, 2.05) is 7.05 Å². The van der Waals surface area contributed by atoms with Gasteiger partial charge in [0, 0.05) is 52.4 Å². The van der Waals surface area contributed by atoms with E-state index < -0.39 is 0 Å². The van der Waals surface area contributed by atoms with Crippen LogP contribution in [0.15, 0.2) is 4.99 Å². The first kappa shape index (κ1) is 25.1. The fourth-order valence-corrected chi connectivity index (χ4v) is 4.85. The van der Waals surface area contributed by atoms with Gasteiger partial charge in [-0.25, -0.2) is 0 Å². The van der Waals surface area contributed by atoms with Gasteiger partial charge in [0.15, 0.2) is 5.96 Å². The Labute approximate surface area is 193 Å². The lowest BCUT2D eigenvalue weighted by Gasteiger charge is -2.41. The van der Waals surface area contributed by atoms with Gasteiger partial charge in [0.1, 0.15) is 6.10 Å². The number of guanidine groups is 1. The van der Waals surface area contributed by atoms with E-state index in [0.29, 0.717) is 12.0 Å². The summed E-state index contributed by atoms with van der Waals surface area (Å²) in [7, 11) is 1.89. The molecule has 3 heterocycles. The van der Waals surface area contributed by atoms with E-state index in [4.69, 9.17) is 14.2 Å². The molecule has 0 aromatic heterocycles. The van der Waals surface area contributed by atoms with Crippen LogP contribution in [0.4, 0.5) is 0 Å². The van der Waals surface area contributed by atoms with Crippen LogP contribution in [-0.4, -0.2) is 100 Å². The molecule has 7 nitrogen and oxygen atoms in total. The maximum Gasteiger partial charge on any atom is 0.193 e. The predicted octanol–water partition coefficient (Wildman–Crippen LogP) is 2.20. The first-order valence-electron chi connectivity index (χ1n) is 11.3. The smallest absolute Gasteiger partial charge is 0.193 e. The molecule has 3 fully saturated rings. The average Bonchev–Trinajstić information content (AvgIpc) is 3.29. The molecule has 170 valence electrons. The molecule has 0 aromatic carbocycles. The highest BCUT2D eigenvalue weighted by molar-refractivity contribution is 14.0. The van der Waals surface area contributed by atoms with Crippen LogP contribution < -0.4 is 5.32 Å². The first-order valence-corrected chi connectivity index (χ1v) is 11.3. The second-order valence-corrected chi connectivity index (χ2v) is 8.13. The molecule has 0 aromatic rings. The SMILES string of the molecule is CCC(CC)C(CNC(=NC)N1CCOC(C2CCCO2)C1)N1CCOCC1.I. The van der Waals surface area contributed by atoms with Gasteiger partial charge in [-0.05, 0) is 18.8 Å². The minimum atomic E-state index is 0. The van der Waals surface area contributed by atoms with E-state index in [1.165, 1.54) is 12.8 Å². The van der Waals surface area contributed by atoms with Crippen molar-refractivity contribution in [2.75, 3.05) is 66.2 Å². The summed E-state index contributed by atoms with van der Waals surface area (Å²) in [4.78, 5) is 9.55. The van der Waals surface area contributed by atoms with Gasteiger partial charge in [-0.2, -0.15) is 0 Å². The Morgan fingerprint density at radius 1 is 1.03 bits per heavy atom. The number of nitrogens with zero attached hydrogens (tertiary/aromatic N) is 3. The van der Waals surface area contributed by atoms with Crippen molar-refractivity contribution in [3.05, 3.63) is 0 Å². The molecule has 3 rings (SSSR count). The molecule has 1 N–H and O–H groups in total. The first-order chi connectivity index (χ1) is 13.8. The zero-order valence-electron chi connectivity index (χ0n) is 18.5. The summed E-state index contributed by atoms with van der Waals surface area (Å²) in [5.41, 5.74) is 0. The van der Waals surface area contributed by atoms with Crippen LogP contribution in [0.3, 0.4) is 0 Å². The van der Waals surface area contributed by atoms with Gasteiger partial charge in [0.25, 0.3) is 0 Å². The molecule has 3 aliphatic heterocycles. The van der Waals surface area contributed by atoms with Crippen molar-refractivity contribution in [2.24, 2.45) is 10.9 Å². The Bertz CT molecular complexity index is 481. The maximum atomic E-state index is 6.01. The van der Waals surface area contributed by atoms with Crippen LogP contribution in [0.5, 0.6) is 0 Å². The summed E-state index contributed by atoms with van der Waals surface area (Å²) in [6.45, 7) is 12.7. The summed E-state index contributed by atoms with van der Waals surface area (Å²) in [5.74, 6) is 1.68. The van der Waals surface area contributed by atoms with Gasteiger partial charge in [-0.1, -0.05) is 26.7 Å². The van der Waals surface area contributed by atoms with E-state index in [2.05, 4.69) is 34.0 Å². The molecule has 0 amide bonds. The molecule has 3 saturated heterocycles. The molecule has 0 spiro atoms. The molecule has 0 aliphatic carbocycles. The highest BCUT2D eigenvalue weighted by atomic mass is 127. The second kappa shape index (κ2) is 13.3. The van der Waals surface area contributed by atoms with E-state index in [1.54, 1.807) is 0 Å². The van der Waals surface area contributed by atoms with Crippen LogP contribution in [0.2, 0.25) is 0 Å². The van der Waals surface area contributed by atoms with Crippen LogP contribution in [0.1, 0.15) is 39.5 Å². The van der Waals surface area contributed by atoms with Gasteiger partial charge >= 0.3 is 0 Å².